The third-order valence-electron chi connectivity index (χ3n) is 5.67. The Balaban J connectivity index is 2.53. The van der Waals surface area contributed by atoms with Crippen LogP contribution < -0.4 is 14.8 Å². The highest BCUT2D eigenvalue weighted by molar-refractivity contribution is 14.1. The summed E-state index contributed by atoms with van der Waals surface area (Å²) < 4.78 is 52.1. The molecule has 1 aliphatic rings. The van der Waals surface area contributed by atoms with Gasteiger partial charge in [-0.2, -0.15) is 13.2 Å². The summed E-state index contributed by atoms with van der Waals surface area (Å²) in [5, 5.41) is 22.6. The van der Waals surface area contributed by atoms with Gasteiger partial charge < -0.3 is 29.9 Å². The minimum absolute atomic E-state index is 0.0114. The van der Waals surface area contributed by atoms with Gasteiger partial charge in [0.1, 0.15) is 25.0 Å². The zero-order valence-electron chi connectivity index (χ0n) is 20.4. The monoisotopic (exact) mass is 642 g/mol. The number of benzene rings is 1. The second kappa shape index (κ2) is 14.0. The van der Waals surface area contributed by atoms with Gasteiger partial charge in [-0.25, -0.2) is 0 Å². The topological polar surface area (TPSA) is 125 Å². The summed E-state index contributed by atoms with van der Waals surface area (Å²) in [6.45, 7) is -0.281. The maximum atomic E-state index is 13.5. The molecule has 9 nitrogen and oxygen atoms in total. The van der Waals surface area contributed by atoms with Gasteiger partial charge in [0.2, 0.25) is 11.8 Å². The number of unbranched alkanes of at least 4 members (excludes halogenated alkanes) is 1. The smallest absolute Gasteiger partial charge is 0.406 e. The lowest BCUT2D eigenvalue weighted by molar-refractivity contribution is -0.172. The predicted molar refractivity (Wildman–Crippen MR) is 135 cm³/mol. The van der Waals surface area contributed by atoms with Gasteiger partial charge in [0.05, 0.1) is 23.3 Å². The summed E-state index contributed by atoms with van der Waals surface area (Å²) in [5.41, 5.74) is 0.274. The van der Waals surface area contributed by atoms with Crippen molar-refractivity contribution in [2.45, 2.75) is 57.0 Å². The van der Waals surface area contributed by atoms with E-state index < -0.39 is 42.8 Å². The first-order valence-corrected chi connectivity index (χ1v) is 12.7. The number of methoxy groups -OCH3 is 1. The average molecular weight is 642 g/mol. The van der Waals surface area contributed by atoms with Crippen LogP contribution in [0.5, 0.6) is 11.5 Å². The second-order valence-electron chi connectivity index (χ2n) is 8.41. The number of carbonyl (C=O) groups is 3. The van der Waals surface area contributed by atoms with Gasteiger partial charge in [-0.3, -0.25) is 14.4 Å². The molecule has 3 unspecified atom stereocenters. The van der Waals surface area contributed by atoms with Crippen LogP contribution in [0.1, 0.15) is 43.0 Å². The molecule has 2 amide bonds. The fraction of sp³-hybridized carbons (Fsp3) is 0.542. The van der Waals surface area contributed by atoms with Gasteiger partial charge in [-0.15, -0.1) is 0 Å². The normalized spacial score (nSPS) is 19.6. The summed E-state index contributed by atoms with van der Waals surface area (Å²) in [6.07, 6.45) is -5.43. The van der Waals surface area contributed by atoms with E-state index in [2.05, 4.69) is 5.32 Å². The molecule has 0 aliphatic heterocycles. The Bertz CT molecular complexity index is 1000. The number of amides is 2. The number of aliphatic hydroxyl groups is 2. The maximum absolute atomic E-state index is 13.5. The summed E-state index contributed by atoms with van der Waals surface area (Å²) in [7, 11) is 1.33. The Kier molecular flexibility index (Phi) is 11.6. The number of carbonyl (C=O) groups excluding carboxylic acids is 3. The fourth-order valence-corrected chi connectivity index (χ4v) is 4.65. The Morgan fingerprint density at radius 3 is 2.59 bits per heavy atom. The van der Waals surface area contributed by atoms with Crippen LogP contribution in [0, 0.1) is 3.57 Å². The maximum Gasteiger partial charge on any atom is 0.406 e. The number of alkyl halides is 3. The first kappa shape index (κ1) is 30.8. The van der Waals surface area contributed by atoms with E-state index in [1.165, 1.54) is 25.3 Å². The van der Waals surface area contributed by atoms with E-state index in [0.29, 0.717) is 27.6 Å². The van der Waals surface area contributed by atoms with Crippen LogP contribution in [0.4, 0.5) is 13.2 Å². The van der Waals surface area contributed by atoms with Gasteiger partial charge >= 0.3 is 6.18 Å². The number of nitrogens with zero attached hydrogens (tertiary/aromatic N) is 1. The number of hydrogen-bond acceptors (Lipinski definition) is 7. The summed E-state index contributed by atoms with van der Waals surface area (Å²) in [4.78, 5) is 37.3. The number of aldehydes is 1. The molecule has 0 saturated carbocycles. The average Bonchev–Trinajstić information content (AvgIpc) is 2.85. The summed E-state index contributed by atoms with van der Waals surface area (Å²) >= 11 is 1.87. The van der Waals surface area contributed by atoms with E-state index in [0.717, 1.165) is 0 Å². The van der Waals surface area contributed by atoms with Gasteiger partial charge in [-0.05, 0) is 47.2 Å². The summed E-state index contributed by atoms with van der Waals surface area (Å²) in [5.74, 6) is -1.24. The Morgan fingerprint density at radius 1 is 1.32 bits per heavy atom. The molecule has 13 heteroatoms. The van der Waals surface area contributed by atoms with Crippen LogP contribution in [0.3, 0.4) is 0 Å². The third kappa shape index (κ3) is 8.57. The van der Waals surface area contributed by atoms with Crippen molar-refractivity contribution >= 4 is 40.7 Å². The highest BCUT2D eigenvalue weighted by atomic mass is 127. The number of halogens is 4. The molecule has 206 valence electrons. The van der Waals surface area contributed by atoms with Crippen molar-refractivity contribution in [1.82, 2.24) is 10.2 Å². The first-order valence-electron chi connectivity index (χ1n) is 11.6. The SMILES string of the molecule is CCCCC(=O)N(CC(F)(F)F)C1CC(C(=O)NCCO)=CC(Oc2c(I)cc(C=O)cc2OC)C1O. The Hall–Kier alpha value is -2.39. The highest BCUT2D eigenvalue weighted by Crippen LogP contribution is 2.37. The molecule has 3 atom stereocenters. The third-order valence-corrected chi connectivity index (χ3v) is 6.47. The second-order valence-corrected chi connectivity index (χ2v) is 9.57. The number of rotatable bonds is 12. The van der Waals surface area contributed by atoms with Crippen LogP contribution in [-0.2, 0) is 9.59 Å². The lowest BCUT2D eigenvalue weighted by Crippen LogP contribution is -2.57. The van der Waals surface area contributed by atoms with Crippen molar-refractivity contribution in [3.05, 3.63) is 32.9 Å². The molecular weight excluding hydrogens is 612 g/mol. The van der Waals surface area contributed by atoms with Crippen LogP contribution in [0.15, 0.2) is 23.8 Å². The van der Waals surface area contributed by atoms with E-state index in [1.807, 2.05) is 22.6 Å². The van der Waals surface area contributed by atoms with Crippen molar-refractivity contribution in [2.75, 3.05) is 26.8 Å². The van der Waals surface area contributed by atoms with E-state index >= 15 is 0 Å². The summed E-state index contributed by atoms with van der Waals surface area (Å²) in [6, 6.07) is 1.45. The van der Waals surface area contributed by atoms with E-state index in [1.54, 1.807) is 6.92 Å². The van der Waals surface area contributed by atoms with Crippen LogP contribution in [-0.4, -0.2) is 84.4 Å². The zero-order chi connectivity index (χ0) is 27.8. The lowest BCUT2D eigenvalue weighted by Gasteiger charge is -2.41. The lowest BCUT2D eigenvalue weighted by atomic mass is 9.88. The Morgan fingerprint density at radius 2 is 2.03 bits per heavy atom. The van der Waals surface area contributed by atoms with Gasteiger partial charge in [0.15, 0.2) is 11.5 Å². The van der Waals surface area contributed by atoms with Gasteiger partial charge in [0.25, 0.3) is 0 Å². The minimum atomic E-state index is -4.75. The number of aliphatic hydroxyl groups excluding tert-OH is 2. The van der Waals surface area contributed by atoms with Crippen molar-refractivity contribution in [2.24, 2.45) is 0 Å². The molecule has 0 spiro atoms. The molecule has 0 bridgehead atoms. The molecule has 3 N–H and O–H groups in total. The molecular formula is C24H30F3IN2O7. The number of nitrogens with one attached hydrogen (secondary N) is 1. The molecule has 0 heterocycles. The quantitative estimate of drug-likeness (QED) is 0.237. The van der Waals surface area contributed by atoms with Crippen molar-refractivity contribution in [3.8, 4) is 11.5 Å². The van der Waals surface area contributed by atoms with Gasteiger partial charge in [-0.1, -0.05) is 13.3 Å². The fourth-order valence-electron chi connectivity index (χ4n) is 3.89. The van der Waals surface area contributed by atoms with Gasteiger partial charge in [0, 0.05) is 30.5 Å². The van der Waals surface area contributed by atoms with Crippen molar-refractivity contribution in [1.29, 1.82) is 0 Å². The molecule has 1 aliphatic carbocycles. The minimum Gasteiger partial charge on any atom is -0.493 e. The molecule has 2 rings (SSSR count). The molecule has 37 heavy (non-hydrogen) atoms. The van der Waals surface area contributed by atoms with Crippen LogP contribution >= 0.6 is 22.6 Å². The highest BCUT2D eigenvalue weighted by Gasteiger charge is 2.44. The molecule has 0 aromatic heterocycles. The van der Waals surface area contributed by atoms with Crippen molar-refractivity contribution < 1.29 is 47.2 Å². The standard InChI is InChI=1S/C24H30F3IN2O7/c1-3-4-5-20(33)30(13-24(25,26)27)17-10-15(23(35)29-6-7-31)11-18(21(17)34)37-22-16(28)8-14(12-32)9-19(22)36-2/h8-9,11-12,17-18,21,31,34H,3-7,10,13H2,1-2H3,(H,29,35). The van der Waals surface area contributed by atoms with E-state index in [-0.39, 0.29) is 48.6 Å². The molecule has 1 aromatic rings. The number of ether oxygens (including phenoxy) is 2. The molecule has 1 aromatic carbocycles. The van der Waals surface area contributed by atoms with Crippen molar-refractivity contribution in [3.63, 3.8) is 0 Å². The van der Waals surface area contributed by atoms with Crippen LogP contribution in [0.2, 0.25) is 0 Å². The molecule has 0 fully saturated rings. The molecule has 0 radical (unpaired) electrons. The van der Waals surface area contributed by atoms with E-state index in [9.17, 15) is 32.7 Å². The molecule has 0 saturated heterocycles. The first-order chi connectivity index (χ1) is 17.4. The van der Waals surface area contributed by atoms with Crippen LogP contribution in [0.25, 0.3) is 0 Å². The largest absolute Gasteiger partial charge is 0.493 e. The van der Waals surface area contributed by atoms with E-state index in [4.69, 9.17) is 14.6 Å². The Labute approximate surface area is 226 Å². The zero-order valence-corrected chi connectivity index (χ0v) is 22.5. The number of hydrogen-bond donors (Lipinski definition) is 3. The predicted octanol–water partition coefficient (Wildman–Crippen LogP) is 2.61.